The van der Waals surface area contributed by atoms with Crippen molar-refractivity contribution < 1.29 is 13.6 Å². The number of carbonyl (C=O) groups is 1. The quantitative estimate of drug-likeness (QED) is 0.614. The Morgan fingerprint density at radius 2 is 1.94 bits per heavy atom. The first-order valence-electron chi connectivity index (χ1n) is 10.2. The molecule has 1 aliphatic rings. The van der Waals surface area contributed by atoms with Crippen molar-refractivity contribution in [2.45, 2.75) is 25.4 Å². The highest BCUT2D eigenvalue weighted by molar-refractivity contribution is 6.04. The fraction of sp³-hybridized carbons (Fsp3) is 0.261. The molecule has 1 saturated heterocycles. The van der Waals surface area contributed by atoms with Gasteiger partial charge < -0.3 is 16.0 Å². The minimum Gasteiger partial charge on any atom is -0.368 e. The lowest BCUT2D eigenvalue weighted by molar-refractivity contribution is 0.0950. The van der Waals surface area contributed by atoms with Gasteiger partial charge in [0.2, 0.25) is 0 Å². The molecule has 0 saturated carbocycles. The van der Waals surface area contributed by atoms with Crippen LogP contribution < -0.4 is 16.0 Å². The van der Waals surface area contributed by atoms with Gasteiger partial charge in [-0.05, 0) is 37.1 Å². The minimum absolute atomic E-state index is 0.0523. The number of halogens is 2. The second-order valence-corrected chi connectivity index (χ2v) is 8.19. The predicted octanol–water partition coefficient (Wildman–Crippen LogP) is 2.55. The molecule has 0 radical (unpaired) electrons. The number of hydrogen-bond donors (Lipinski definition) is 2. The first kappa shape index (κ1) is 22.2. The average Bonchev–Trinajstić information content (AvgIpc) is 3.15. The minimum atomic E-state index is -0.805. The van der Waals surface area contributed by atoms with Crippen molar-refractivity contribution in [3.05, 3.63) is 71.6 Å². The first-order chi connectivity index (χ1) is 15.8. The number of rotatable bonds is 5. The largest absolute Gasteiger partial charge is 0.368 e. The summed E-state index contributed by atoms with van der Waals surface area (Å²) in [5.41, 5.74) is 6.52. The van der Waals surface area contributed by atoms with Crippen molar-refractivity contribution in [2.75, 3.05) is 18.0 Å². The molecule has 0 spiro atoms. The maximum atomic E-state index is 14.1. The number of amides is 1. The number of carbonyl (C=O) groups excluding carboxylic acids is 1. The molecule has 1 amide bonds. The van der Waals surface area contributed by atoms with E-state index in [0.29, 0.717) is 31.0 Å². The molecular formula is C23H21F2N7O. The standard InChI is InChI=1S/C23H21F2N7O/c1-23(27)3-6-32(13-23)21-17(22(33)31-12-19-28-4-2-5-29-19)11-30-18(10-26)20(21)14-7-15(24)9-16(25)8-14/h2,4-5,7-9,11H,3,6,12-13,27H2,1H3,(H,31,33)/t23-/m0/s1. The van der Waals surface area contributed by atoms with Crippen molar-refractivity contribution in [1.29, 1.82) is 5.26 Å². The molecule has 33 heavy (non-hydrogen) atoms. The Morgan fingerprint density at radius 1 is 1.24 bits per heavy atom. The molecule has 3 heterocycles. The third-order valence-corrected chi connectivity index (χ3v) is 5.40. The number of pyridine rings is 1. The van der Waals surface area contributed by atoms with Crippen LogP contribution in [0.2, 0.25) is 0 Å². The summed E-state index contributed by atoms with van der Waals surface area (Å²) in [6.45, 7) is 2.83. The van der Waals surface area contributed by atoms with E-state index in [-0.39, 0.29) is 28.9 Å². The number of benzene rings is 1. The van der Waals surface area contributed by atoms with E-state index in [1.165, 1.54) is 6.20 Å². The van der Waals surface area contributed by atoms with E-state index >= 15 is 0 Å². The monoisotopic (exact) mass is 449 g/mol. The Morgan fingerprint density at radius 3 is 2.55 bits per heavy atom. The lowest BCUT2D eigenvalue weighted by Crippen LogP contribution is -2.39. The molecule has 0 bridgehead atoms. The zero-order valence-corrected chi connectivity index (χ0v) is 17.8. The molecule has 1 atom stereocenters. The molecular weight excluding hydrogens is 428 g/mol. The van der Waals surface area contributed by atoms with Crippen LogP contribution in [-0.2, 0) is 6.54 Å². The second kappa shape index (κ2) is 8.88. The van der Waals surface area contributed by atoms with Crippen LogP contribution in [0.4, 0.5) is 14.5 Å². The van der Waals surface area contributed by atoms with Crippen LogP contribution in [0.1, 0.15) is 35.2 Å². The third kappa shape index (κ3) is 4.78. The summed E-state index contributed by atoms with van der Waals surface area (Å²) in [5.74, 6) is -1.68. The van der Waals surface area contributed by atoms with Crippen molar-refractivity contribution in [3.8, 4) is 17.2 Å². The van der Waals surface area contributed by atoms with Gasteiger partial charge in [0, 0.05) is 48.8 Å². The molecule has 10 heteroatoms. The van der Waals surface area contributed by atoms with Gasteiger partial charge in [-0.15, -0.1) is 0 Å². The Bertz CT molecular complexity index is 1220. The summed E-state index contributed by atoms with van der Waals surface area (Å²) in [6.07, 6.45) is 5.05. The van der Waals surface area contributed by atoms with Crippen molar-refractivity contribution in [3.63, 3.8) is 0 Å². The van der Waals surface area contributed by atoms with Gasteiger partial charge in [0.1, 0.15) is 29.2 Å². The average molecular weight is 449 g/mol. The first-order valence-corrected chi connectivity index (χ1v) is 10.2. The molecule has 1 aromatic carbocycles. The number of nitrogens with two attached hydrogens (primary N) is 1. The fourth-order valence-electron chi connectivity index (χ4n) is 3.90. The van der Waals surface area contributed by atoms with Gasteiger partial charge in [0.05, 0.1) is 17.8 Å². The van der Waals surface area contributed by atoms with Crippen LogP contribution in [0.3, 0.4) is 0 Å². The van der Waals surface area contributed by atoms with Crippen LogP contribution in [-0.4, -0.2) is 39.5 Å². The van der Waals surface area contributed by atoms with E-state index in [1.54, 1.807) is 18.5 Å². The smallest absolute Gasteiger partial charge is 0.255 e. The molecule has 3 N–H and O–H groups in total. The van der Waals surface area contributed by atoms with E-state index in [9.17, 15) is 18.8 Å². The number of anilines is 1. The van der Waals surface area contributed by atoms with Gasteiger partial charge in [-0.25, -0.2) is 23.7 Å². The zero-order valence-electron chi connectivity index (χ0n) is 17.8. The van der Waals surface area contributed by atoms with Crippen molar-refractivity contribution in [2.24, 2.45) is 5.73 Å². The highest BCUT2D eigenvalue weighted by Crippen LogP contribution is 2.39. The second-order valence-electron chi connectivity index (χ2n) is 8.19. The maximum absolute atomic E-state index is 14.1. The number of hydrogen-bond acceptors (Lipinski definition) is 7. The third-order valence-electron chi connectivity index (χ3n) is 5.40. The molecule has 8 nitrogen and oxygen atoms in total. The molecule has 2 aromatic heterocycles. The summed E-state index contributed by atoms with van der Waals surface area (Å²) in [4.78, 5) is 27.3. The zero-order chi connectivity index (χ0) is 23.6. The van der Waals surface area contributed by atoms with E-state index in [2.05, 4.69) is 20.3 Å². The van der Waals surface area contributed by atoms with E-state index in [0.717, 1.165) is 18.2 Å². The molecule has 1 fully saturated rings. The van der Waals surface area contributed by atoms with Gasteiger partial charge >= 0.3 is 0 Å². The van der Waals surface area contributed by atoms with Crippen LogP contribution in [0.15, 0.2) is 42.9 Å². The number of nitrogens with zero attached hydrogens (tertiary/aromatic N) is 5. The Balaban J connectivity index is 1.84. The summed E-state index contributed by atoms with van der Waals surface area (Å²) >= 11 is 0. The Labute approximate surface area is 189 Å². The molecule has 168 valence electrons. The number of aromatic nitrogens is 3. The fourth-order valence-corrected chi connectivity index (χ4v) is 3.90. The molecule has 1 aliphatic heterocycles. The van der Waals surface area contributed by atoms with Gasteiger partial charge in [0.15, 0.2) is 0 Å². The SMILES string of the molecule is C[C@]1(N)CCN(c2c(C(=O)NCc3ncccn3)cnc(C#N)c2-c2cc(F)cc(F)c2)C1. The van der Waals surface area contributed by atoms with Crippen LogP contribution in [0.25, 0.3) is 11.1 Å². The lowest BCUT2D eigenvalue weighted by atomic mass is 9.97. The van der Waals surface area contributed by atoms with Crippen molar-refractivity contribution >= 4 is 11.6 Å². The normalized spacial score (nSPS) is 17.6. The topological polar surface area (TPSA) is 121 Å². The molecule has 0 unspecified atom stereocenters. The Hall–Kier alpha value is -3.97. The van der Waals surface area contributed by atoms with Crippen LogP contribution in [0.5, 0.6) is 0 Å². The van der Waals surface area contributed by atoms with Gasteiger partial charge in [-0.3, -0.25) is 4.79 Å². The van der Waals surface area contributed by atoms with Crippen LogP contribution >= 0.6 is 0 Å². The van der Waals surface area contributed by atoms with Crippen LogP contribution in [0, 0.1) is 23.0 Å². The highest BCUT2D eigenvalue weighted by atomic mass is 19.1. The van der Waals surface area contributed by atoms with Crippen molar-refractivity contribution in [1.82, 2.24) is 20.3 Å². The lowest BCUT2D eigenvalue weighted by Gasteiger charge is -2.27. The molecule has 4 rings (SSSR count). The van der Waals surface area contributed by atoms with E-state index in [4.69, 9.17) is 5.73 Å². The van der Waals surface area contributed by atoms with Gasteiger partial charge in [0.25, 0.3) is 5.91 Å². The molecule has 3 aromatic rings. The predicted molar refractivity (Wildman–Crippen MR) is 117 cm³/mol. The number of nitriles is 1. The summed E-state index contributed by atoms with van der Waals surface area (Å²) < 4.78 is 28.2. The summed E-state index contributed by atoms with van der Waals surface area (Å²) in [7, 11) is 0. The number of nitrogens with one attached hydrogen (secondary N) is 1. The maximum Gasteiger partial charge on any atom is 0.255 e. The highest BCUT2D eigenvalue weighted by Gasteiger charge is 2.34. The van der Waals surface area contributed by atoms with Gasteiger partial charge in [-0.2, -0.15) is 5.26 Å². The van der Waals surface area contributed by atoms with Gasteiger partial charge in [-0.1, -0.05) is 0 Å². The van der Waals surface area contributed by atoms with E-state index < -0.39 is 23.1 Å². The summed E-state index contributed by atoms with van der Waals surface area (Å²) in [5, 5.41) is 12.5. The summed E-state index contributed by atoms with van der Waals surface area (Å²) in [6, 6.07) is 6.61. The van der Waals surface area contributed by atoms with E-state index in [1.807, 2.05) is 17.9 Å². The Kier molecular flexibility index (Phi) is 5.98. The molecule has 0 aliphatic carbocycles.